The zero-order valence-corrected chi connectivity index (χ0v) is 10.6. The fourth-order valence-electron chi connectivity index (χ4n) is 1.53. The Hall–Kier alpha value is -2.05. The fraction of sp³-hybridized carbons (Fsp3) is 0.308. The third-order valence-electron chi connectivity index (χ3n) is 2.58. The molecule has 2 N–H and O–H groups in total. The summed E-state index contributed by atoms with van der Waals surface area (Å²) >= 11 is 0. The normalized spacial score (nSPS) is 12.3. The number of halogens is 4. The molecule has 0 atom stereocenters. The molecule has 0 aliphatic rings. The van der Waals surface area contributed by atoms with Crippen molar-refractivity contribution in [2.45, 2.75) is 19.5 Å². The number of carbonyl (C=O) groups is 1. The van der Waals surface area contributed by atoms with E-state index in [1.807, 2.05) is 0 Å². The minimum Gasteiger partial charge on any atom is -0.478 e. The maximum atomic E-state index is 13.0. The summed E-state index contributed by atoms with van der Waals surface area (Å²) in [5.74, 6) is -2.43. The molecule has 20 heavy (non-hydrogen) atoms. The van der Waals surface area contributed by atoms with Crippen LogP contribution in [-0.4, -0.2) is 17.6 Å². The van der Waals surface area contributed by atoms with Crippen LogP contribution in [-0.2, 0) is 11.0 Å². The number of carboxylic acid groups (broad SMARTS) is 1. The van der Waals surface area contributed by atoms with Crippen LogP contribution in [0.4, 0.5) is 23.2 Å². The van der Waals surface area contributed by atoms with Gasteiger partial charge in [0.2, 0.25) is 0 Å². The fourth-order valence-corrected chi connectivity index (χ4v) is 1.53. The van der Waals surface area contributed by atoms with Crippen LogP contribution in [0.2, 0.25) is 0 Å². The van der Waals surface area contributed by atoms with Crippen molar-refractivity contribution in [1.82, 2.24) is 0 Å². The predicted molar refractivity (Wildman–Crippen MR) is 65.9 cm³/mol. The molecule has 1 aromatic rings. The molecule has 0 aliphatic carbocycles. The number of alkyl halides is 3. The summed E-state index contributed by atoms with van der Waals surface area (Å²) in [7, 11) is 0. The molecule has 110 valence electrons. The average molecular weight is 291 g/mol. The number of hydrogen-bond donors (Lipinski definition) is 2. The lowest BCUT2D eigenvalue weighted by molar-refractivity contribution is -0.140. The number of carboxylic acids is 1. The highest BCUT2D eigenvalue weighted by Gasteiger charge is 2.34. The van der Waals surface area contributed by atoms with Gasteiger partial charge in [-0.3, -0.25) is 0 Å². The summed E-state index contributed by atoms with van der Waals surface area (Å²) < 4.78 is 50.5. The Balaban J connectivity index is 2.82. The molecule has 0 heterocycles. The van der Waals surface area contributed by atoms with Crippen molar-refractivity contribution in [3.8, 4) is 0 Å². The Labute approximate surface area is 112 Å². The standard InChI is InChI=1S/C13H13F4NO2/c1-2-8(12(19)20)5-6-18-9-3-4-11(14)10(7-9)13(15,16)17/h3-5,7,18H,2,6H2,1H3,(H,19,20)/b8-5-. The number of hydrogen-bond acceptors (Lipinski definition) is 2. The summed E-state index contributed by atoms with van der Waals surface area (Å²) in [4.78, 5) is 10.7. The van der Waals surface area contributed by atoms with Crippen LogP contribution >= 0.6 is 0 Å². The van der Waals surface area contributed by atoms with Gasteiger partial charge in [0.15, 0.2) is 0 Å². The van der Waals surface area contributed by atoms with Crippen molar-refractivity contribution in [1.29, 1.82) is 0 Å². The molecule has 0 bridgehead atoms. The average Bonchev–Trinajstić information content (AvgIpc) is 2.34. The molecule has 0 saturated carbocycles. The molecule has 0 spiro atoms. The van der Waals surface area contributed by atoms with E-state index in [1.54, 1.807) is 6.92 Å². The van der Waals surface area contributed by atoms with E-state index < -0.39 is 23.5 Å². The molecule has 0 unspecified atom stereocenters. The molecule has 7 heteroatoms. The minimum absolute atomic E-state index is 0.0401. The van der Waals surface area contributed by atoms with Gasteiger partial charge in [-0.05, 0) is 24.6 Å². The van der Waals surface area contributed by atoms with E-state index in [9.17, 15) is 22.4 Å². The number of anilines is 1. The van der Waals surface area contributed by atoms with Gasteiger partial charge in [-0.25, -0.2) is 9.18 Å². The number of nitrogens with one attached hydrogen (secondary N) is 1. The maximum absolute atomic E-state index is 13.0. The lowest BCUT2D eigenvalue weighted by Crippen LogP contribution is -2.10. The molecular formula is C13H13F4NO2. The zero-order chi connectivity index (χ0) is 15.3. The third-order valence-corrected chi connectivity index (χ3v) is 2.58. The monoisotopic (exact) mass is 291 g/mol. The summed E-state index contributed by atoms with van der Waals surface area (Å²) in [5, 5.41) is 11.4. The summed E-state index contributed by atoms with van der Waals surface area (Å²) in [6, 6.07) is 2.52. The van der Waals surface area contributed by atoms with E-state index in [1.165, 1.54) is 6.08 Å². The predicted octanol–water partition coefficient (Wildman–Crippen LogP) is 3.68. The summed E-state index contributed by atoms with van der Waals surface area (Å²) in [6.45, 7) is 1.69. The van der Waals surface area contributed by atoms with Crippen LogP contribution in [0.1, 0.15) is 18.9 Å². The molecular weight excluding hydrogens is 278 g/mol. The van der Waals surface area contributed by atoms with Gasteiger partial charge in [0.05, 0.1) is 5.56 Å². The van der Waals surface area contributed by atoms with Crippen molar-refractivity contribution in [2.75, 3.05) is 11.9 Å². The molecule has 0 amide bonds. The maximum Gasteiger partial charge on any atom is 0.419 e. The number of rotatable bonds is 5. The second kappa shape index (κ2) is 6.40. The third kappa shape index (κ3) is 4.25. The minimum atomic E-state index is -4.77. The van der Waals surface area contributed by atoms with Gasteiger partial charge in [0.1, 0.15) is 5.82 Å². The largest absolute Gasteiger partial charge is 0.478 e. The molecule has 0 saturated heterocycles. The van der Waals surface area contributed by atoms with Crippen molar-refractivity contribution in [3.63, 3.8) is 0 Å². The molecule has 0 radical (unpaired) electrons. The summed E-state index contributed by atoms with van der Waals surface area (Å²) in [5.41, 5.74) is -1.15. The van der Waals surface area contributed by atoms with Crippen LogP contribution in [0.25, 0.3) is 0 Å². The first-order valence-corrected chi connectivity index (χ1v) is 5.78. The van der Waals surface area contributed by atoms with Crippen LogP contribution in [0, 0.1) is 5.82 Å². The lowest BCUT2D eigenvalue weighted by Gasteiger charge is -2.11. The highest BCUT2D eigenvalue weighted by atomic mass is 19.4. The molecule has 3 nitrogen and oxygen atoms in total. The Bertz CT molecular complexity index is 524. The van der Waals surface area contributed by atoms with E-state index >= 15 is 0 Å². The summed E-state index contributed by atoms with van der Waals surface area (Å²) in [6.07, 6.45) is -3.11. The van der Waals surface area contributed by atoms with E-state index in [0.29, 0.717) is 18.6 Å². The quantitative estimate of drug-likeness (QED) is 0.642. The second-order valence-electron chi connectivity index (χ2n) is 3.96. The van der Waals surface area contributed by atoms with E-state index in [-0.39, 0.29) is 17.8 Å². The van der Waals surface area contributed by atoms with Crippen molar-refractivity contribution in [2.24, 2.45) is 0 Å². The first kappa shape index (κ1) is 16.0. The number of aliphatic carboxylic acids is 1. The van der Waals surface area contributed by atoms with Gasteiger partial charge >= 0.3 is 12.1 Å². The van der Waals surface area contributed by atoms with Gasteiger partial charge in [0.25, 0.3) is 0 Å². The van der Waals surface area contributed by atoms with E-state index in [0.717, 1.165) is 6.07 Å². The van der Waals surface area contributed by atoms with Crippen molar-refractivity contribution < 1.29 is 27.5 Å². The Morgan fingerprint density at radius 1 is 1.40 bits per heavy atom. The molecule has 0 aliphatic heterocycles. The van der Waals surface area contributed by atoms with Crippen LogP contribution in [0.3, 0.4) is 0 Å². The Kier molecular flexibility index (Phi) is 5.12. The number of benzene rings is 1. The topological polar surface area (TPSA) is 49.3 Å². The van der Waals surface area contributed by atoms with Crippen LogP contribution in [0.5, 0.6) is 0 Å². The molecule has 1 aromatic carbocycles. The first-order valence-electron chi connectivity index (χ1n) is 5.78. The highest BCUT2D eigenvalue weighted by molar-refractivity contribution is 5.86. The van der Waals surface area contributed by atoms with Crippen molar-refractivity contribution in [3.05, 3.63) is 41.2 Å². The smallest absolute Gasteiger partial charge is 0.419 e. The lowest BCUT2D eigenvalue weighted by atomic mass is 10.1. The zero-order valence-electron chi connectivity index (χ0n) is 10.6. The Morgan fingerprint density at radius 3 is 2.55 bits per heavy atom. The highest BCUT2D eigenvalue weighted by Crippen LogP contribution is 2.32. The van der Waals surface area contributed by atoms with Gasteiger partial charge in [-0.2, -0.15) is 13.2 Å². The van der Waals surface area contributed by atoms with Gasteiger partial charge in [0, 0.05) is 17.8 Å². The van der Waals surface area contributed by atoms with Crippen molar-refractivity contribution >= 4 is 11.7 Å². The van der Waals surface area contributed by atoms with Crippen LogP contribution in [0.15, 0.2) is 29.8 Å². The van der Waals surface area contributed by atoms with Gasteiger partial charge < -0.3 is 10.4 Å². The Morgan fingerprint density at radius 2 is 2.05 bits per heavy atom. The SMILES string of the molecule is CC/C(=C/CNc1ccc(F)c(C(F)(F)F)c1)C(=O)O. The molecule has 1 rings (SSSR count). The molecule has 0 aromatic heterocycles. The second-order valence-corrected chi connectivity index (χ2v) is 3.96. The van der Waals surface area contributed by atoms with E-state index in [4.69, 9.17) is 5.11 Å². The van der Waals surface area contributed by atoms with Gasteiger partial charge in [-0.1, -0.05) is 13.0 Å². The van der Waals surface area contributed by atoms with Crippen LogP contribution < -0.4 is 5.32 Å². The van der Waals surface area contributed by atoms with Gasteiger partial charge in [-0.15, -0.1) is 0 Å². The molecule has 0 fully saturated rings. The first-order chi connectivity index (χ1) is 9.25. The van der Waals surface area contributed by atoms with E-state index in [2.05, 4.69) is 5.32 Å².